The Morgan fingerprint density at radius 2 is 2.05 bits per heavy atom. The zero-order chi connectivity index (χ0) is 14.3. The summed E-state index contributed by atoms with van der Waals surface area (Å²) in [5, 5.41) is 7.11. The summed E-state index contributed by atoms with van der Waals surface area (Å²) in [7, 11) is 0. The Labute approximate surface area is 129 Å². The number of nitrogens with zero attached hydrogens (tertiary/aromatic N) is 1. The molecule has 108 valence electrons. The van der Waals surface area contributed by atoms with Gasteiger partial charge in [-0.05, 0) is 37.3 Å². The fourth-order valence-electron chi connectivity index (χ4n) is 2.18. The average molecular weight is 306 g/mol. The Hall–Kier alpha value is -0.710. The van der Waals surface area contributed by atoms with E-state index in [2.05, 4.69) is 50.5 Å². The largest absolute Gasteiger partial charge is 0.301 e. The van der Waals surface area contributed by atoms with Crippen LogP contribution in [0.15, 0.2) is 17.5 Å². The summed E-state index contributed by atoms with van der Waals surface area (Å²) < 4.78 is 0. The molecule has 1 aliphatic carbocycles. The zero-order valence-electron chi connectivity index (χ0n) is 12.6. The van der Waals surface area contributed by atoms with Gasteiger partial charge in [0.1, 0.15) is 5.01 Å². The first-order chi connectivity index (χ1) is 9.43. The molecule has 1 N–H and O–H groups in total. The minimum atomic E-state index is 0.228. The van der Waals surface area contributed by atoms with Gasteiger partial charge in [0.25, 0.3) is 0 Å². The number of thiophene rings is 1. The van der Waals surface area contributed by atoms with Crippen molar-refractivity contribution in [1.29, 1.82) is 0 Å². The highest BCUT2D eigenvalue weighted by atomic mass is 32.1. The summed E-state index contributed by atoms with van der Waals surface area (Å²) >= 11 is 3.70. The summed E-state index contributed by atoms with van der Waals surface area (Å²) in [6.45, 7) is 8.90. The summed E-state index contributed by atoms with van der Waals surface area (Å²) in [5.41, 5.74) is 1.35. The van der Waals surface area contributed by atoms with Gasteiger partial charge in [-0.2, -0.15) is 0 Å². The maximum atomic E-state index is 4.70. The van der Waals surface area contributed by atoms with Crippen LogP contribution < -0.4 is 5.32 Å². The lowest BCUT2D eigenvalue weighted by molar-refractivity contribution is 0.603. The second-order valence-electron chi connectivity index (χ2n) is 6.65. The van der Waals surface area contributed by atoms with E-state index in [4.69, 9.17) is 4.98 Å². The van der Waals surface area contributed by atoms with Crippen molar-refractivity contribution in [3.63, 3.8) is 0 Å². The highest BCUT2D eigenvalue weighted by molar-refractivity contribution is 7.13. The van der Waals surface area contributed by atoms with E-state index in [0.717, 1.165) is 5.69 Å². The molecule has 4 heteroatoms. The SMILES string of the molecule is Cc1csc(C(NC2CC2)c2ccc(C(C)(C)C)s2)n1. The molecule has 2 aromatic rings. The summed E-state index contributed by atoms with van der Waals surface area (Å²) in [6, 6.07) is 5.52. The Balaban J connectivity index is 1.90. The third-order valence-corrected chi connectivity index (χ3v) is 6.12. The molecule has 2 nitrogen and oxygen atoms in total. The second-order valence-corrected chi connectivity index (χ2v) is 8.66. The lowest BCUT2D eigenvalue weighted by Gasteiger charge is -2.17. The first-order valence-corrected chi connectivity index (χ1v) is 8.91. The molecule has 1 saturated carbocycles. The van der Waals surface area contributed by atoms with E-state index in [-0.39, 0.29) is 11.5 Å². The molecule has 1 unspecified atom stereocenters. The third-order valence-electron chi connectivity index (χ3n) is 3.51. The fraction of sp³-hybridized carbons (Fsp3) is 0.562. The summed E-state index contributed by atoms with van der Waals surface area (Å²) in [4.78, 5) is 7.55. The lowest BCUT2D eigenvalue weighted by Crippen LogP contribution is -2.23. The maximum Gasteiger partial charge on any atom is 0.115 e. The van der Waals surface area contributed by atoms with Crippen molar-refractivity contribution in [3.05, 3.63) is 38.0 Å². The van der Waals surface area contributed by atoms with Crippen LogP contribution in [-0.4, -0.2) is 11.0 Å². The fourth-order valence-corrected chi connectivity index (χ4v) is 4.25. The molecule has 0 radical (unpaired) electrons. The van der Waals surface area contributed by atoms with E-state index in [1.807, 2.05) is 11.3 Å². The van der Waals surface area contributed by atoms with Crippen molar-refractivity contribution in [2.24, 2.45) is 0 Å². The van der Waals surface area contributed by atoms with Crippen LogP contribution in [0.2, 0.25) is 0 Å². The Kier molecular flexibility index (Phi) is 3.73. The van der Waals surface area contributed by atoms with Gasteiger partial charge in [0, 0.05) is 26.9 Å². The van der Waals surface area contributed by atoms with Crippen molar-refractivity contribution in [2.45, 2.75) is 58.0 Å². The Morgan fingerprint density at radius 1 is 1.30 bits per heavy atom. The van der Waals surface area contributed by atoms with E-state index in [1.54, 1.807) is 11.3 Å². The Morgan fingerprint density at radius 3 is 2.55 bits per heavy atom. The van der Waals surface area contributed by atoms with Gasteiger partial charge in [-0.1, -0.05) is 20.8 Å². The number of nitrogens with one attached hydrogen (secondary N) is 1. The number of aryl methyl sites for hydroxylation is 1. The average Bonchev–Trinajstić information content (AvgIpc) is 2.88. The van der Waals surface area contributed by atoms with Crippen LogP contribution in [0.1, 0.15) is 60.1 Å². The minimum absolute atomic E-state index is 0.228. The van der Waals surface area contributed by atoms with Gasteiger partial charge >= 0.3 is 0 Å². The highest BCUT2D eigenvalue weighted by Crippen LogP contribution is 2.37. The molecule has 1 fully saturated rings. The molecule has 0 aromatic carbocycles. The van der Waals surface area contributed by atoms with Crippen LogP contribution in [0.25, 0.3) is 0 Å². The van der Waals surface area contributed by atoms with E-state index in [9.17, 15) is 0 Å². The number of aromatic nitrogens is 1. The number of hydrogen-bond donors (Lipinski definition) is 1. The monoisotopic (exact) mass is 306 g/mol. The smallest absolute Gasteiger partial charge is 0.115 e. The first-order valence-electron chi connectivity index (χ1n) is 7.22. The van der Waals surface area contributed by atoms with Crippen LogP contribution in [0.3, 0.4) is 0 Å². The molecular formula is C16H22N2S2. The molecule has 0 aliphatic heterocycles. The second kappa shape index (κ2) is 5.24. The number of hydrogen-bond acceptors (Lipinski definition) is 4. The standard InChI is InChI=1S/C16H22N2S2/c1-10-9-19-15(17-10)14(18-11-5-6-11)12-7-8-13(20-12)16(2,3)4/h7-9,11,14,18H,5-6H2,1-4H3. The van der Waals surface area contributed by atoms with Crippen LogP contribution in [-0.2, 0) is 5.41 Å². The summed E-state index contributed by atoms with van der Waals surface area (Å²) in [6.07, 6.45) is 2.61. The highest BCUT2D eigenvalue weighted by Gasteiger charge is 2.29. The molecule has 0 spiro atoms. The van der Waals surface area contributed by atoms with E-state index < -0.39 is 0 Å². The van der Waals surface area contributed by atoms with Gasteiger partial charge in [-0.25, -0.2) is 4.98 Å². The molecule has 0 bridgehead atoms. The molecule has 2 aromatic heterocycles. The van der Waals surface area contributed by atoms with Gasteiger partial charge in [0.05, 0.1) is 6.04 Å². The molecular weight excluding hydrogens is 284 g/mol. The molecule has 1 aliphatic rings. The van der Waals surface area contributed by atoms with Crippen molar-refractivity contribution >= 4 is 22.7 Å². The lowest BCUT2D eigenvalue weighted by atomic mass is 9.95. The molecule has 2 heterocycles. The van der Waals surface area contributed by atoms with Crippen molar-refractivity contribution < 1.29 is 0 Å². The van der Waals surface area contributed by atoms with E-state index in [1.165, 1.54) is 27.6 Å². The van der Waals surface area contributed by atoms with Crippen molar-refractivity contribution in [1.82, 2.24) is 10.3 Å². The van der Waals surface area contributed by atoms with Gasteiger partial charge in [0.2, 0.25) is 0 Å². The van der Waals surface area contributed by atoms with Crippen molar-refractivity contribution in [3.8, 4) is 0 Å². The predicted molar refractivity (Wildman–Crippen MR) is 87.9 cm³/mol. The normalized spacial score (nSPS) is 17.4. The molecule has 3 rings (SSSR count). The van der Waals surface area contributed by atoms with Crippen molar-refractivity contribution in [2.75, 3.05) is 0 Å². The first kappa shape index (κ1) is 14.2. The van der Waals surface area contributed by atoms with Crippen LogP contribution in [0.4, 0.5) is 0 Å². The Bertz CT molecular complexity index is 588. The molecule has 0 amide bonds. The molecule has 1 atom stereocenters. The van der Waals surface area contributed by atoms with Gasteiger partial charge in [0.15, 0.2) is 0 Å². The minimum Gasteiger partial charge on any atom is -0.301 e. The zero-order valence-corrected chi connectivity index (χ0v) is 14.2. The topological polar surface area (TPSA) is 24.9 Å². The predicted octanol–water partition coefficient (Wildman–Crippen LogP) is 4.65. The number of rotatable bonds is 4. The third kappa shape index (κ3) is 3.13. The van der Waals surface area contributed by atoms with Crippen LogP contribution in [0, 0.1) is 6.92 Å². The summed E-state index contributed by atoms with van der Waals surface area (Å²) in [5.74, 6) is 0. The van der Waals surface area contributed by atoms with Crippen LogP contribution >= 0.6 is 22.7 Å². The van der Waals surface area contributed by atoms with Gasteiger partial charge in [-0.15, -0.1) is 22.7 Å². The van der Waals surface area contributed by atoms with E-state index in [0.29, 0.717) is 6.04 Å². The van der Waals surface area contributed by atoms with Crippen LogP contribution in [0.5, 0.6) is 0 Å². The van der Waals surface area contributed by atoms with Gasteiger partial charge in [-0.3, -0.25) is 0 Å². The maximum absolute atomic E-state index is 4.70. The quantitative estimate of drug-likeness (QED) is 0.889. The number of thiazole rings is 1. The van der Waals surface area contributed by atoms with Gasteiger partial charge < -0.3 is 5.32 Å². The molecule has 20 heavy (non-hydrogen) atoms. The van der Waals surface area contributed by atoms with E-state index >= 15 is 0 Å². The molecule has 0 saturated heterocycles.